The fourth-order valence-electron chi connectivity index (χ4n) is 1.48. The Hall–Kier alpha value is -1.91. The van der Waals surface area contributed by atoms with Crippen molar-refractivity contribution < 1.29 is 14.5 Å². The maximum Gasteiger partial charge on any atom is 0.308 e. The maximum absolute atomic E-state index is 11.0. The van der Waals surface area contributed by atoms with Gasteiger partial charge in [0.25, 0.3) is 5.69 Å². The molecule has 0 fully saturated rings. The summed E-state index contributed by atoms with van der Waals surface area (Å²) in [4.78, 5) is 21.1. The second kappa shape index (κ2) is 4.53. The number of ether oxygens (including phenoxy) is 1. The van der Waals surface area contributed by atoms with Crippen molar-refractivity contribution in [3.63, 3.8) is 0 Å². The summed E-state index contributed by atoms with van der Waals surface area (Å²) in [6.45, 7) is 7.11. The quantitative estimate of drug-likeness (QED) is 0.343. The topological polar surface area (TPSA) is 69.4 Å². The Balaban J connectivity index is 3.31. The molecule has 0 saturated heterocycles. The van der Waals surface area contributed by atoms with E-state index in [4.69, 9.17) is 4.74 Å². The summed E-state index contributed by atoms with van der Waals surface area (Å²) >= 11 is 0. The molecular formula is C12H15NO4. The van der Waals surface area contributed by atoms with Crippen LogP contribution in [-0.2, 0) is 10.2 Å². The summed E-state index contributed by atoms with van der Waals surface area (Å²) in [5, 5.41) is 10.7. The number of carbonyl (C=O) groups excluding carboxylic acids is 1. The van der Waals surface area contributed by atoms with Gasteiger partial charge < -0.3 is 4.74 Å². The average Bonchev–Trinajstić information content (AvgIpc) is 2.14. The second-order valence-electron chi connectivity index (χ2n) is 4.78. The lowest BCUT2D eigenvalue weighted by Crippen LogP contribution is -2.15. The summed E-state index contributed by atoms with van der Waals surface area (Å²) in [6, 6.07) is 4.31. The second-order valence-corrected chi connectivity index (χ2v) is 4.78. The van der Waals surface area contributed by atoms with E-state index in [2.05, 4.69) is 0 Å². The van der Waals surface area contributed by atoms with Gasteiger partial charge in [0.05, 0.1) is 11.0 Å². The van der Waals surface area contributed by atoms with Gasteiger partial charge >= 0.3 is 5.97 Å². The van der Waals surface area contributed by atoms with Gasteiger partial charge in [-0.3, -0.25) is 14.9 Å². The summed E-state index contributed by atoms with van der Waals surface area (Å²) < 4.78 is 5.02. The molecule has 5 heteroatoms. The number of hydrogen-bond acceptors (Lipinski definition) is 4. The van der Waals surface area contributed by atoms with Gasteiger partial charge in [0, 0.05) is 18.6 Å². The molecule has 0 aliphatic heterocycles. The van der Waals surface area contributed by atoms with Gasteiger partial charge in [-0.15, -0.1) is 0 Å². The molecule has 1 rings (SSSR count). The molecule has 0 unspecified atom stereocenters. The highest BCUT2D eigenvalue weighted by atomic mass is 16.6. The Morgan fingerprint density at radius 2 is 1.94 bits per heavy atom. The molecular weight excluding hydrogens is 222 g/mol. The van der Waals surface area contributed by atoms with Crippen molar-refractivity contribution in [2.24, 2.45) is 0 Å². The number of carbonyl (C=O) groups is 1. The highest BCUT2D eigenvalue weighted by Crippen LogP contribution is 2.34. The van der Waals surface area contributed by atoms with E-state index >= 15 is 0 Å². The standard InChI is InChI=1S/C12H15NO4/c1-8(14)17-11-7-9(13(15)16)5-6-10(11)12(2,3)4/h5-7H,1-4H3. The van der Waals surface area contributed by atoms with Crippen LogP contribution in [0.5, 0.6) is 5.75 Å². The van der Waals surface area contributed by atoms with E-state index in [1.54, 1.807) is 6.07 Å². The van der Waals surface area contributed by atoms with Crippen LogP contribution in [0, 0.1) is 10.1 Å². The number of esters is 1. The molecule has 92 valence electrons. The van der Waals surface area contributed by atoms with Crippen molar-refractivity contribution in [3.05, 3.63) is 33.9 Å². The summed E-state index contributed by atoms with van der Waals surface area (Å²) in [5.41, 5.74) is 0.424. The van der Waals surface area contributed by atoms with Gasteiger partial charge in [0.15, 0.2) is 0 Å². The van der Waals surface area contributed by atoms with E-state index in [1.165, 1.54) is 19.1 Å². The Bertz CT molecular complexity index is 460. The fraction of sp³-hybridized carbons (Fsp3) is 0.417. The molecule has 17 heavy (non-hydrogen) atoms. The molecule has 0 heterocycles. The minimum Gasteiger partial charge on any atom is -0.426 e. The van der Waals surface area contributed by atoms with Crippen molar-refractivity contribution in [1.82, 2.24) is 0 Å². The number of nitro benzene ring substituents is 1. The molecule has 5 nitrogen and oxygen atoms in total. The normalized spacial score (nSPS) is 11.1. The SMILES string of the molecule is CC(=O)Oc1cc([N+](=O)[O-])ccc1C(C)(C)C. The predicted molar refractivity (Wildman–Crippen MR) is 63.1 cm³/mol. The number of hydrogen-bond donors (Lipinski definition) is 0. The van der Waals surface area contributed by atoms with E-state index in [1.807, 2.05) is 20.8 Å². The minimum atomic E-state index is -0.514. The fourth-order valence-corrected chi connectivity index (χ4v) is 1.48. The van der Waals surface area contributed by atoms with Crippen molar-refractivity contribution in [2.75, 3.05) is 0 Å². The largest absolute Gasteiger partial charge is 0.426 e. The van der Waals surface area contributed by atoms with E-state index < -0.39 is 10.9 Å². The molecule has 1 aromatic carbocycles. The lowest BCUT2D eigenvalue weighted by atomic mass is 9.86. The Labute approximate surface area is 99.5 Å². The van der Waals surface area contributed by atoms with Crippen LogP contribution in [0.2, 0.25) is 0 Å². The number of rotatable bonds is 2. The van der Waals surface area contributed by atoms with E-state index in [0.717, 1.165) is 5.56 Å². The van der Waals surface area contributed by atoms with Gasteiger partial charge in [-0.25, -0.2) is 0 Å². The zero-order valence-electron chi connectivity index (χ0n) is 10.3. The summed E-state index contributed by atoms with van der Waals surface area (Å²) in [5.74, 6) is -0.241. The van der Waals surface area contributed by atoms with Crippen molar-refractivity contribution in [1.29, 1.82) is 0 Å². The summed E-state index contributed by atoms with van der Waals surface area (Å²) in [6.07, 6.45) is 0. The first kappa shape index (κ1) is 13.2. The first-order valence-electron chi connectivity index (χ1n) is 5.19. The zero-order chi connectivity index (χ0) is 13.2. The molecule has 0 aliphatic rings. The van der Waals surface area contributed by atoms with E-state index in [9.17, 15) is 14.9 Å². The highest BCUT2D eigenvalue weighted by molar-refractivity contribution is 5.70. The molecule has 0 bridgehead atoms. The maximum atomic E-state index is 11.0. The predicted octanol–water partition coefficient (Wildman–Crippen LogP) is 2.82. The molecule has 0 aliphatic carbocycles. The molecule has 0 atom stereocenters. The van der Waals surface area contributed by atoms with Gasteiger partial charge in [-0.1, -0.05) is 20.8 Å². The molecule has 0 radical (unpaired) electrons. The third-order valence-electron chi connectivity index (χ3n) is 2.24. The number of nitro groups is 1. The van der Waals surface area contributed by atoms with Crippen molar-refractivity contribution in [3.8, 4) is 5.75 Å². The minimum absolute atomic E-state index is 0.0887. The van der Waals surface area contributed by atoms with Gasteiger partial charge in [0.2, 0.25) is 0 Å². The van der Waals surface area contributed by atoms with Crippen LogP contribution in [0.1, 0.15) is 33.3 Å². The molecule has 0 N–H and O–H groups in total. The van der Waals surface area contributed by atoms with Crippen LogP contribution in [0.4, 0.5) is 5.69 Å². The summed E-state index contributed by atoms with van der Waals surface area (Å²) in [7, 11) is 0. The van der Waals surface area contributed by atoms with Crippen molar-refractivity contribution >= 4 is 11.7 Å². The van der Waals surface area contributed by atoms with Crippen LogP contribution in [0.15, 0.2) is 18.2 Å². The van der Waals surface area contributed by atoms with E-state index in [0.29, 0.717) is 0 Å². The van der Waals surface area contributed by atoms with Gasteiger partial charge in [-0.2, -0.15) is 0 Å². The highest BCUT2D eigenvalue weighted by Gasteiger charge is 2.22. The van der Waals surface area contributed by atoms with Crippen LogP contribution in [0.25, 0.3) is 0 Å². The van der Waals surface area contributed by atoms with Crippen molar-refractivity contribution in [2.45, 2.75) is 33.1 Å². The average molecular weight is 237 g/mol. The van der Waals surface area contributed by atoms with Gasteiger partial charge in [-0.05, 0) is 11.5 Å². The zero-order valence-corrected chi connectivity index (χ0v) is 10.3. The first-order valence-corrected chi connectivity index (χ1v) is 5.19. The van der Waals surface area contributed by atoms with Crippen LogP contribution in [-0.4, -0.2) is 10.9 Å². The molecule has 0 saturated carbocycles. The molecule has 1 aromatic rings. The lowest BCUT2D eigenvalue weighted by molar-refractivity contribution is -0.384. The van der Waals surface area contributed by atoms with E-state index in [-0.39, 0.29) is 16.9 Å². The van der Waals surface area contributed by atoms with Gasteiger partial charge in [0.1, 0.15) is 5.75 Å². The smallest absolute Gasteiger partial charge is 0.308 e. The first-order chi connectivity index (χ1) is 7.71. The Kier molecular flexibility index (Phi) is 3.50. The molecule has 0 amide bonds. The molecule has 0 aromatic heterocycles. The molecule has 0 spiro atoms. The lowest BCUT2D eigenvalue weighted by Gasteiger charge is -2.21. The number of nitrogens with zero attached hydrogens (tertiary/aromatic N) is 1. The third-order valence-corrected chi connectivity index (χ3v) is 2.24. The Morgan fingerprint density at radius 1 is 1.35 bits per heavy atom. The van der Waals surface area contributed by atoms with Crippen LogP contribution < -0.4 is 4.74 Å². The number of benzene rings is 1. The van der Waals surface area contributed by atoms with Crippen LogP contribution in [0.3, 0.4) is 0 Å². The number of non-ortho nitro benzene ring substituents is 1. The third kappa shape index (κ3) is 3.27. The Morgan fingerprint density at radius 3 is 2.35 bits per heavy atom. The van der Waals surface area contributed by atoms with Crippen LogP contribution >= 0.6 is 0 Å². The monoisotopic (exact) mass is 237 g/mol.